The van der Waals surface area contributed by atoms with E-state index in [1.54, 1.807) is 0 Å². The number of hydrogen-bond donors (Lipinski definition) is 1. The molecule has 2 aliphatic rings. The molecule has 28 heavy (non-hydrogen) atoms. The maximum Gasteiger partial charge on any atom is 0.155 e. The molecule has 1 aliphatic heterocycles. The normalized spacial score (nSPS) is 16.1. The summed E-state index contributed by atoms with van der Waals surface area (Å²) in [5.74, 6) is 1.63. The van der Waals surface area contributed by atoms with Crippen LogP contribution in [0.15, 0.2) is 46.4 Å². The molecule has 0 saturated heterocycles. The fraction of sp³-hybridized carbons (Fsp3) is 0.440. The molecule has 0 spiro atoms. The van der Waals surface area contributed by atoms with Crippen LogP contribution in [0.5, 0.6) is 0 Å². The van der Waals surface area contributed by atoms with E-state index in [9.17, 15) is 0 Å². The molecule has 1 saturated carbocycles. The number of aliphatic imine (C=N–C) groups is 2. The number of anilines is 1. The molecule has 0 radical (unpaired) electrons. The van der Waals surface area contributed by atoms with Crippen molar-refractivity contribution in [2.45, 2.75) is 52.9 Å². The van der Waals surface area contributed by atoms with E-state index < -0.39 is 0 Å². The Morgan fingerprint density at radius 1 is 0.929 bits per heavy atom. The van der Waals surface area contributed by atoms with Gasteiger partial charge in [-0.2, -0.15) is 0 Å². The van der Waals surface area contributed by atoms with Crippen molar-refractivity contribution < 1.29 is 0 Å². The van der Waals surface area contributed by atoms with Crippen molar-refractivity contribution in [3.8, 4) is 0 Å². The number of aryl methyl sites for hydroxylation is 2. The summed E-state index contributed by atoms with van der Waals surface area (Å²) in [6.45, 7) is 8.33. The van der Waals surface area contributed by atoms with Gasteiger partial charge in [-0.3, -0.25) is 4.99 Å². The van der Waals surface area contributed by atoms with Gasteiger partial charge in [0.05, 0.1) is 6.54 Å². The number of rotatable bonds is 8. The van der Waals surface area contributed by atoms with Gasteiger partial charge in [-0.25, -0.2) is 4.99 Å². The molecule has 4 rings (SSSR count). The number of hydrogen-bond acceptors (Lipinski definition) is 3. The molecular weight excluding hydrogens is 342 g/mol. The average molecular weight is 374 g/mol. The SMILES string of the molecule is CCNc1ccc(C2=NCC(C3CC3)=N2)c(Cc2ccc(CC)cc2CC)c1. The molecule has 0 bridgehead atoms. The summed E-state index contributed by atoms with van der Waals surface area (Å²) in [6.07, 6.45) is 5.66. The Hall–Kier alpha value is -2.42. The van der Waals surface area contributed by atoms with Crippen LogP contribution in [0.3, 0.4) is 0 Å². The highest BCUT2D eigenvalue weighted by Gasteiger charge is 2.30. The van der Waals surface area contributed by atoms with Gasteiger partial charge >= 0.3 is 0 Å². The predicted molar refractivity (Wildman–Crippen MR) is 120 cm³/mol. The van der Waals surface area contributed by atoms with Crippen LogP contribution in [-0.2, 0) is 19.3 Å². The van der Waals surface area contributed by atoms with Gasteiger partial charge in [-0.15, -0.1) is 0 Å². The van der Waals surface area contributed by atoms with Crippen molar-refractivity contribution in [3.63, 3.8) is 0 Å². The molecule has 3 nitrogen and oxygen atoms in total. The molecule has 0 amide bonds. The average Bonchev–Trinajstić information content (AvgIpc) is 3.46. The van der Waals surface area contributed by atoms with Crippen LogP contribution in [0.2, 0.25) is 0 Å². The maximum atomic E-state index is 4.91. The Morgan fingerprint density at radius 3 is 2.50 bits per heavy atom. The topological polar surface area (TPSA) is 36.8 Å². The summed E-state index contributed by atoms with van der Waals surface area (Å²) < 4.78 is 0. The summed E-state index contributed by atoms with van der Waals surface area (Å²) in [5.41, 5.74) is 9.26. The van der Waals surface area contributed by atoms with Crippen molar-refractivity contribution in [1.82, 2.24) is 0 Å². The number of amidine groups is 1. The van der Waals surface area contributed by atoms with E-state index >= 15 is 0 Å². The zero-order chi connectivity index (χ0) is 19.5. The second-order valence-electron chi connectivity index (χ2n) is 7.91. The summed E-state index contributed by atoms with van der Waals surface area (Å²) in [7, 11) is 0. The minimum Gasteiger partial charge on any atom is -0.385 e. The largest absolute Gasteiger partial charge is 0.385 e. The Kier molecular flexibility index (Phi) is 5.61. The lowest BCUT2D eigenvalue weighted by atomic mass is 9.93. The highest BCUT2D eigenvalue weighted by molar-refractivity contribution is 6.13. The molecular formula is C25H31N3. The first-order valence-electron chi connectivity index (χ1n) is 10.8. The van der Waals surface area contributed by atoms with Gasteiger partial charge in [-0.1, -0.05) is 32.0 Å². The molecule has 1 aliphatic carbocycles. The van der Waals surface area contributed by atoms with Crippen LogP contribution in [-0.4, -0.2) is 24.6 Å². The molecule has 0 unspecified atom stereocenters. The third kappa shape index (κ3) is 4.04. The van der Waals surface area contributed by atoms with E-state index in [0.717, 1.165) is 38.2 Å². The van der Waals surface area contributed by atoms with Crippen molar-refractivity contribution in [1.29, 1.82) is 0 Å². The number of nitrogens with zero attached hydrogens (tertiary/aromatic N) is 2. The van der Waals surface area contributed by atoms with E-state index in [2.05, 4.69) is 62.5 Å². The van der Waals surface area contributed by atoms with Gasteiger partial charge in [0.25, 0.3) is 0 Å². The third-order valence-electron chi connectivity index (χ3n) is 5.86. The van der Waals surface area contributed by atoms with E-state index in [1.165, 1.54) is 52.1 Å². The second kappa shape index (κ2) is 8.30. The number of nitrogens with one attached hydrogen (secondary N) is 1. The van der Waals surface area contributed by atoms with Gasteiger partial charge in [0.15, 0.2) is 5.84 Å². The van der Waals surface area contributed by atoms with Crippen LogP contribution in [0.1, 0.15) is 61.4 Å². The third-order valence-corrected chi connectivity index (χ3v) is 5.86. The highest BCUT2D eigenvalue weighted by atomic mass is 15.0. The molecule has 0 aromatic heterocycles. The quantitative estimate of drug-likeness (QED) is 0.657. The monoisotopic (exact) mass is 373 g/mol. The van der Waals surface area contributed by atoms with Gasteiger partial charge < -0.3 is 5.32 Å². The van der Waals surface area contributed by atoms with E-state index in [0.29, 0.717) is 5.92 Å². The fourth-order valence-corrected chi connectivity index (χ4v) is 4.02. The van der Waals surface area contributed by atoms with E-state index in [1.807, 2.05) is 0 Å². The van der Waals surface area contributed by atoms with Gasteiger partial charge in [-0.05, 0) is 85.4 Å². The Morgan fingerprint density at radius 2 is 1.79 bits per heavy atom. The minimum absolute atomic E-state index is 0.694. The summed E-state index contributed by atoms with van der Waals surface area (Å²) >= 11 is 0. The maximum absolute atomic E-state index is 4.91. The number of benzene rings is 2. The lowest BCUT2D eigenvalue weighted by molar-refractivity contribution is 1.03. The minimum atomic E-state index is 0.694. The Bertz CT molecular complexity index is 919. The Labute approximate surface area is 169 Å². The first kappa shape index (κ1) is 18.9. The molecule has 146 valence electrons. The molecule has 2 aromatic rings. The molecule has 1 fully saturated rings. The first-order chi connectivity index (χ1) is 13.7. The fourth-order valence-electron chi connectivity index (χ4n) is 4.02. The first-order valence-corrected chi connectivity index (χ1v) is 10.8. The van der Waals surface area contributed by atoms with Gasteiger partial charge in [0, 0.05) is 23.5 Å². The van der Waals surface area contributed by atoms with Crippen LogP contribution in [0.4, 0.5) is 5.69 Å². The summed E-state index contributed by atoms with van der Waals surface area (Å²) in [5, 5.41) is 3.46. The van der Waals surface area contributed by atoms with Gasteiger partial charge in [0.2, 0.25) is 0 Å². The summed E-state index contributed by atoms with van der Waals surface area (Å²) in [6, 6.07) is 13.6. The lowest BCUT2D eigenvalue weighted by Gasteiger charge is -2.15. The Balaban J connectivity index is 1.69. The van der Waals surface area contributed by atoms with Crippen molar-refractivity contribution in [3.05, 3.63) is 64.2 Å². The second-order valence-corrected chi connectivity index (χ2v) is 7.91. The summed E-state index contributed by atoms with van der Waals surface area (Å²) in [4.78, 5) is 9.70. The van der Waals surface area contributed by atoms with Crippen LogP contribution < -0.4 is 5.32 Å². The standard InChI is InChI=1S/C25H31N3/c1-4-17-7-8-20(18(5-2)13-17)14-21-15-22(26-6-3)11-12-23(21)25-27-16-24(28-25)19-9-10-19/h7-8,11-13,15,19,26H,4-6,9-10,14,16H2,1-3H3. The van der Waals surface area contributed by atoms with Crippen molar-refractivity contribution in [2.24, 2.45) is 15.9 Å². The van der Waals surface area contributed by atoms with E-state index in [-0.39, 0.29) is 0 Å². The zero-order valence-corrected chi connectivity index (χ0v) is 17.4. The molecule has 1 N–H and O–H groups in total. The molecule has 3 heteroatoms. The smallest absolute Gasteiger partial charge is 0.155 e. The van der Waals surface area contributed by atoms with Crippen LogP contribution in [0, 0.1) is 5.92 Å². The molecule has 0 atom stereocenters. The van der Waals surface area contributed by atoms with E-state index in [4.69, 9.17) is 9.98 Å². The molecule has 1 heterocycles. The highest BCUT2D eigenvalue weighted by Crippen LogP contribution is 2.33. The molecule has 2 aromatic carbocycles. The van der Waals surface area contributed by atoms with Crippen molar-refractivity contribution in [2.75, 3.05) is 18.4 Å². The van der Waals surface area contributed by atoms with Crippen LogP contribution >= 0.6 is 0 Å². The van der Waals surface area contributed by atoms with Crippen molar-refractivity contribution >= 4 is 17.2 Å². The lowest BCUT2D eigenvalue weighted by Crippen LogP contribution is -2.06. The predicted octanol–water partition coefficient (Wildman–Crippen LogP) is 5.45. The van der Waals surface area contributed by atoms with Crippen LogP contribution in [0.25, 0.3) is 0 Å². The van der Waals surface area contributed by atoms with Gasteiger partial charge in [0.1, 0.15) is 0 Å². The zero-order valence-electron chi connectivity index (χ0n) is 17.4.